The summed E-state index contributed by atoms with van der Waals surface area (Å²) in [7, 11) is -4.01. The number of hydrogen-bond acceptors (Lipinski definition) is 7. The SMILES string of the molecule is Cc1ccc(S(=O)(=O)Oc2ccc(CC(NC(=O)OCC3c4ccccc4-c4ccccc43)C(=O)OC(C)(C)C)cc2)cc1. The molecule has 0 radical (unpaired) electrons. The zero-order chi connectivity index (χ0) is 31.5. The van der Waals surface area contributed by atoms with Crippen molar-refractivity contribution in [2.45, 2.75) is 56.6 Å². The maximum Gasteiger partial charge on any atom is 0.407 e. The van der Waals surface area contributed by atoms with Crippen LogP contribution in [0.5, 0.6) is 5.75 Å². The van der Waals surface area contributed by atoms with Crippen LogP contribution in [-0.2, 0) is 30.8 Å². The molecule has 1 unspecified atom stereocenters. The van der Waals surface area contributed by atoms with Crippen molar-refractivity contribution in [2.75, 3.05) is 6.61 Å². The van der Waals surface area contributed by atoms with E-state index in [9.17, 15) is 18.0 Å². The van der Waals surface area contributed by atoms with Gasteiger partial charge < -0.3 is 19.0 Å². The summed E-state index contributed by atoms with van der Waals surface area (Å²) in [6, 6.07) is 27.7. The smallest absolute Gasteiger partial charge is 0.407 e. The standard InChI is InChI=1S/C35H35NO7S/c1-23-13-19-26(20-14-23)44(39,40)43-25-17-15-24(16-18-25)21-32(33(37)42-35(2,3)4)36-34(38)41-22-31-29-11-7-5-9-27(29)28-10-6-8-12-30(28)31/h5-20,31-32H,21-22H2,1-4H3,(H,36,38). The molecule has 1 aliphatic rings. The van der Waals surface area contributed by atoms with Crippen LogP contribution >= 0.6 is 0 Å². The molecule has 0 saturated heterocycles. The zero-order valence-corrected chi connectivity index (χ0v) is 25.9. The van der Waals surface area contributed by atoms with Crippen LogP contribution in [0.4, 0.5) is 4.79 Å². The minimum Gasteiger partial charge on any atom is -0.458 e. The third-order valence-electron chi connectivity index (χ3n) is 7.21. The Morgan fingerprint density at radius 2 is 1.39 bits per heavy atom. The van der Waals surface area contributed by atoms with Crippen LogP contribution in [0, 0.1) is 6.92 Å². The van der Waals surface area contributed by atoms with E-state index in [-0.39, 0.29) is 29.6 Å². The topological polar surface area (TPSA) is 108 Å². The number of esters is 1. The molecule has 0 heterocycles. The third kappa shape index (κ3) is 7.29. The van der Waals surface area contributed by atoms with Gasteiger partial charge in [0.1, 0.15) is 28.9 Å². The highest BCUT2D eigenvalue weighted by atomic mass is 32.2. The van der Waals surface area contributed by atoms with E-state index in [1.165, 1.54) is 24.3 Å². The van der Waals surface area contributed by atoms with Crippen molar-refractivity contribution in [1.29, 1.82) is 0 Å². The molecule has 44 heavy (non-hydrogen) atoms. The fourth-order valence-corrected chi connectivity index (χ4v) is 6.08. The molecule has 1 atom stereocenters. The normalized spacial score (nSPS) is 13.4. The molecule has 0 saturated carbocycles. The van der Waals surface area contributed by atoms with Gasteiger partial charge in [0, 0.05) is 12.3 Å². The lowest BCUT2D eigenvalue weighted by molar-refractivity contribution is -0.157. The largest absolute Gasteiger partial charge is 0.458 e. The first-order chi connectivity index (χ1) is 20.9. The van der Waals surface area contributed by atoms with E-state index in [1.54, 1.807) is 45.0 Å². The van der Waals surface area contributed by atoms with Crippen molar-refractivity contribution in [2.24, 2.45) is 0 Å². The van der Waals surface area contributed by atoms with Crippen molar-refractivity contribution in [3.05, 3.63) is 119 Å². The van der Waals surface area contributed by atoms with Gasteiger partial charge in [-0.15, -0.1) is 0 Å². The van der Waals surface area contributed by atoms with E-state index in [0.717, 1.165) is 27.8 Å². The van der Waals surface area contributed by atoms with Crippen LogP contribution in [0.25, 0.3) is 11.1 Å². The van der Waals surface area contributed by atoms with Crippen molar-refractivity contribution in [3.8, 4) is 16.9 Å². The molecule has 0 fully saturated rings. The monoisotopic (exact) mass is 613 g/mol. The van der Waals surface area contributed by atoms with Gasteiger partial charge in [-0.1, -0.05) is 78.4 Å². The summed E-state index contributed by atoms with van der Waals surface area (Å²) in [5, 5.41) is 2.68. The van der Waals surface area contributed by atoms with Gasteiger partial charge in [0.25, 0.3) is 0 Å². The predicted octanol–water partition coefficient (Wildman–Crippen LogP) is 6.55. The van der Waals surface area contributed by atoms with Gasteiger partial charge >= 0.3 is 22.2 Å². The summed E-state index contributed by atoms with van der Waals surface area (Å²) >= 11 is 0. The summed E-state index contributed by atoms with van der Waals surface area (Å²) in [4.78, 5) is 26.2. The van der Waals surface area contributed by atoms with Crippen molar-refractivity contribution in [1.82, 2.24) is 5.32 Å². The number of fused-ring (bicyclic) bond motifs is 3. The quantitative estimate of drug-likeness (QED) is 0.168. The molecular weight excluding hydrogens is 578 g/mol. The first kappa shape index (κ1) is 30.8. The number of carbonyl (C=O) groups is 2. The highest BCUT2D eigenvalue weighted by Crippen LogP contribution is 2.44. The number of benzene rings is 4. The summed E-state index contributed by atoms with van der Waals surface area (Å²) in [5.41, 5.74) is 5.19. The molecule has 8 nitrogen and oxygen atoms in total. The predicted molar refractivity (Wildman–Crippen MR) is 167 cm³/mol. The molecule has 5 rings (SSSR count). The maximum absolute atomic E-state index is 13.1. The van der Waals surface area contributed by atoms with Crippen molar-refractivity contribution in [3.63, 3.8) is 0 Å². The lowest BCUT2D eigenvalue weighted by Gasteiger charge is -2.25. The lowest BCUT2D eigenvalue weighted by Crippen LogP contribution is -2.46. The van der Waals surface area contributed by atoms with Gasteiger partial charge in [0.15, 0.2) is 0 Å². The van der Waals surface area contributed by atoms with E-state index >= 15 is 0 Å². The molecule has 1 aliphatic carbocycles. The molecule has 0 aromatic heterocycles. The van der Waals surface area contributed by atoms with Crippen LogP contribution < -0.4 is 9.50 Å². The van der Waals surface area contributed by atoms with Gasteiger partial charge in [0.05, 0.1) is 0 Å². The van der Waals surface area contributed by atoms with E-state index in [1.807, 2.05) is 43.3 Å². The maximum atomic E-state index is 13.1. The average molecular weight is 614 g/mol. The minimum atomic E-state index is -4.01. The van der Waals surface area contributed by atoms with Crippen molar-refractivity contribution < 1.29 is 31.7 Å². The number of ether oxygens (including phenoxy) is 2. The van der Waals surface area contributed by atoms with E-state index in [2.05, 4.69) is 17.4 Å². The molecule has 228 valence electrons. The van der Waals surface area contributed by atoms with Gasteiger partial charge in [-0.2, -0.15) is 8.42 Å². The summed E-state index contributed by atoms with van der Waals surface area (Å²) in [5.74, 6) is -0.627. The molecule has 9 heteroatoms. The second-order valence-corrected chi connectivity index (χ2v) is 13.3. The Bertz CT molecular complexity index is 1710. The number of hydrogen-bond donors (Lipinski definition) is 1. The fourth-order valence-electron chi connectivity index (χ4n) is 5.15. The Balaban J connectivity index is 1.26. The zero-order valence-electron chi connectivity index (χ0n) is 25.1. The fraction of sp³-hybridized carbons (Fsp3) is 0.257. The molecule has 1 N–H and O–H groups in total. The number of aryl methyl sites for hydroxylation is 1. The minimum absolute atomic E-state index is 0.0458. The summed E-state index contributed by atoms with van der Waals surface area (Å²) < 4.78 is 41.9. The molecule has 4 aromatic carbocycles. The molecule has 0 spiro atoms. The summed E-state index contributed by atoms with van der Waals surface area (Å²) in [6.07, 6.45) is -0.656. The Kier molecular flexibility index (Phi) is 8.78. The van der Waals surface area contributed by atoms with Crippen LogP contribution in [-0.4, -0.2) is 38.7 Å². The second-order valence-electron chi connectivity index (χ2n) is 11.8. The molecule has 0 bridgehead atoms. The van der Waals surface area contributed by atoms with Crippen LogP contribution in [0.3, 0.4) is 0 Å². The Morgan fingerprint density at radius 1 is 0.818 bits per heavy atom. The van der Waals surface area contributed by atoms with Crippen LogP contribution in [0.15, 0.2) is 102 Å². The highest BCUT2D eigenvalue weighted by molar-refractivity contribution is 7.87. The number of alkyl carbamates (subject to hydrolysis) is 1. The van der Waals surface area contributed by atoms with Crippen molar-refractivity contribution >= 4 is 22.2 Å². The number of carbonyl (C=O) groups excluding carboxylic acids is 2. The van der Waals surface area contributed by atoms with Crippen LogP contribution in [0.2, 0.25) is 0 Å². The van der Waals surface area contributed by atoms with Gasteiger partial charge in [0.2, 0.25) is 0 Å². The van der Waals surface area contributed by atoms with Gasteiger partial charge in [-0.3, -0.25) is 0 Å². The average Bonchev–Trinajstić information content (AvgIpc) is 3.29. The highest BCUT2D eigenvalue weighted by Gasteiger charge is 2.31. The van der Waals surface area contributed by atoms with E-state index in [4.69, 9.17) is 13.7 Å². The van der Waals surface area contributed by atoms with E-state index in [0.29, 0.717) is 5.56 Å². The Hall–Kier alpha value is -4.63. The number of amides is 1. The molecular formula is C35H35NO7S. The lowest BCUT2D eigenvalue weighted by atomic mass is 9.98. The molecule has 1 amide bonds. The van der Waals surface area contributed by atoms with Gasteiger partial charge in [-0.05, 0) is 79.8 Å². The Morgan fingerprint density at radius 3 is 1.95 bits per heavy atom. The number of nitrogens with one attached hydrogen (secondary N) is 1. The Labute approximate surface area is 258 Å². The number of rotatable bonds is 9. The first-order valence-corrected chi connectivity index (χ1v) is 15.7. The second kappa shape index (κ2) is 12.5. The molecule has 0 aliphatic heterocycles. The van der Waals surface area contributed by atoms with E-state index < -0.39 is 33.8 Å². The first-order valence-electron chi connectivity index (χ1n) is 14.3. The third-order valence-corrected chi connectivity index (χ3v) is 8.47. The van der Waals surface area contributed by atoms with Crippen LogP contribution in [0.1, 0.15) is 48.9 Å². The van der Waals surface area contributed by atoms with Gasteiger partial charge in [-0.25, -0.2) is 9.59 Å². The molecule has 4 aromatic rings. The summed E-state index contributed by atoms with van der Waals surface area (Å²) in [6.45, 7) is 7.20.